The number of likely N-dealkylation sites (N-methyl/N-ethyl adjacent to an activating group) is 1. The predicted octanol–water partition coefficient (Wildman–Crippen LogP) is 3.78. The maximum atomic E-state index is 4.50. The van der Waals surface area contributed by atoms with Crippen molar-refractivity contribution in [3.8, 4) is 0 Å². The summed E-state index contributed by atoms with van der Waals surface area (Å²) in [6.45, 7) is 2.05. The second-order valence-corrected chi connectivity index (χ2v) is 7.10. The van der Waals surface area contributed by atoms with Crippen LogP contribution in [0, 0.1) is 6.92 Å². The molecule has 2 heterocycles. The van der Waals surface area contributed by atoms with Crippen molar-refractivity contribution in [3.63, 3.8) is 0 Å². The minimum atomic E-state index is 0.359. The molecule has 0 saturated heterocycles. The van der Waals surface area contributed by atoms with Gasteiger partial charge in [-0.15, -0.1) is 22.7 Å². The lowest BCUT2D eigenvalue weighted by molar-refractivity contribution is 0.595. The van der Waals surface area contributed by atoms with Crippen molar-refractivity contribution in [2.45, 2.75) is 19.4 Å². The Morgan fingerprint density at radius 1 is 1.50 bits per heavy atom. The first kappa shape index (κ1) is 12.2. The highest BCUT2D eigenvalue weighted by molar-refractivity contribution is 9.11. The molecule has 86 valence electrons. The fraction of sp³-hybridized carbons (Fsp3) is 0.364. The van der Waals surface area contributed by atoms with Crippen LogP contribution in [0.15, 0.2) is 21.3 Å². The minimum absolute atomic E-state index is 0.359. The summed E-state index contributed by atoms with van der Waals surface area (Å²) in [6.07, 6.45) is 0.952. The molecule has 0 aliphatic carbocycles. The molecule has 2 nitrogen and oxygen atoms in total. The quantitative estimate of drug-likeness (QED) is 0.928. The predicted molar refractivity (Wildman–Crippen MR) is 74.4 cm³/mol. The second-order valence-electron chi connectivity index (χ2n) is 3.55. The molecule has 0 bridgehead atoms. The van der Waals surface area contributed by atoms with Crippen LogP contribution in [0.4, 0.5) is 0 Å². The molecule has 0 fully saturated rings. The molecule has 1 atom stereocenters. The number of nitrogens with one attached hydrogen (secondary N) is 1. The molecule has 0 aromatic carbocycles. The van der Waals surface area contributed by atoms with E-state index in [1.165, 1.54) is 14.4 Å². The summed E-state index contributed by atoms with van der Waals surface area (Å²) in [4.78, 5) is 5.85. The molecular weight excluding hydrogens is 304 g/mol. The van der Waals surface area contributed by atoms with E-state index < -0.39 is 0 Å². The highest BCUT2D eigenvalue weighted by Gasteiger charge is 2.13. The number of halogens is 1. The number of hydrogen-bond acceptors (Lipinski definition) is 4. The molecule has 0 aliphatic heterocycles. The molecule has 5 heteroatoms. The van der Waals surface area contributed by atoms with Gasteiger partial charge in [-0.05, 0) is 42.0 Å². The normalized spacial score (nSPS) is 12.9. The lowest BCUT2D eigenvalue weighted by Crippen LogP contribution is -2.17. The van der Waals surface area contributed by atoms with Crippen LogP contribution in [-0.4, -0.2) is 12.0 Å². The van der Waals surface area contributed by atoms with E-state index in [-0.39, 0.29) is 0 Å². The van der Waals surface area contributed by atoms with E-state index in [2.05, 4.69) is 43.7 Å². The first-order chi connectivity index (χ1) is 7.69. The molecule has 2 rings (SSSR count). The average Bonchev–Trinajstić information content (AvgIpc) is 2.84. The fourth-order valence-corrected chi connectivity index (χ4v) is 3.73. The van der Waals surface area contributed by atoms with Gasteiger partial charge in [0, 0.05) is 22.7 Å². The molecular formula is C11H13BrN2S2. The molecule has 16 heavy (non-hydrogen) atoms. The lowest BCUT2D eigenvalue weighted by atomic mass is 10.1. The largest absolute Gasteiger partial charge is 0.312 e. The Hall–Kier alpha value is -0.230. The Kier molecular flexibility index (Phi) is 4.13. The summed E-state index contributed by atoms with van der Waals surface area (Å²) in [5.41, 5.74) is 1.17. The van der Waals surface area contributed by atoms with Gasteiger partial charge in [-0.2, -0.15) is 0 Å². The van der Waals surface area contributed by atoms with E-state index in [4.69, 9.17) is 0 Å². The zero-order chi connectivity index (χ0) is 11.5. The van der Waals surface area contributed by atoms with E-state index in [1.807, 2.05) is 14.0 Å². The Labute approximate surface area is 112 Å². The summed E-state index contributed by atoms with van der Waals surface area (Å²) in [6, 6.07) is 4.61. The third-order valence-corrected chi connectivity index (χ3v) is 4.93. The monoisotopic (exact) mass is 316 g/mol. The summed E-state index contributed by atoms with van der Waals surface area (Å²) >= 11 is 6.99. The van der Waals surface area contributed by atoms with Gasteiger partial charge in [0.1, 0.15) is 0 Å². The second kappa shape index (κ2) is 5.40. The van der Waals surface area contributed by atoms with Gasteiger partial charge in [0.15, 0.2) is 0 Å². The van der Waals surface area contributed by atoms with Crippen molar-refractivity contribution in [3.05, 3.63) is 36.9 Å². The molecule has 1 N–H and O–H groups in total. The van der Waals surface area contributed by atoms with Crippen molar-refractivity contribution in [1.29, 1.82) is 0 Å². The van der Waals surface area contributed by atoms with Crippen LogP contribution >= 0.6 is 38.6 Å². The van der Waals surface area contributed by atoms with Gasteiger partial charge in [0.05, 0.1) is 14.5 Å². The Balaban J connectivity index is 2.12. The Morgan fingerprint density at radius 3 is 2.81 bits per heavy atom. The number of rotatable bonds is 4. The summed E-state index contributed by atoms with van der Waals surface area (Å²) in [5, 5.41) is 6.62. The van der Waals surface area contributed by atoms with Gasteiger partial charge in [0.2, 0.25) is 0 Å². The summed E-state index contributed by atoms with van der Waals surface area (Å²) in [7, 11) is 2.00. The number of aromatic nitrogens is 1. The van der Waals surface area contributed by atoms with Gasteiger partial charge in [0.25, 0.3) is 0 Å². The maximum Gasteiger partial charge on any atom is 0.0897 e. The van der Waals surface area contributed by atoms with Crippen LogP contribution in [0.5, 0.6) is 0 Å². The first-order valence-electron chi connectivity index (χ1n) is 5.02. The van der Waals surface area contributed by atoms with Gasteiger partial charge in [-0.25, -0.2) is 4.98 Å². The number of thiazole rings is 1. The van der Waals surface area contributed by atoms with E-state index in [9.17, 15) is 0 Å². The Morgan fingerprint density at radius 2 is 2.31 bits per heavy atom. The first-order valence-corrected chi connectivity index (χ1v) is 7.51. The van der Waals surface area contributed by atoms with Crippen molar-refractivity contribution >= 4 is 38.6 Å². The molecule has 1 unspecified atom stereocenters. The minimum Gasteiger partial charge on any atom is -0.312 e. The van der Waals surface area contributed by atoms with Crippen molar-refractivity contribution < 1.29 is 0 Å². The van der Waals surface area contributed by atoms with Crippen LogP contribution < -0.4 is 5.32 Å². The highest BCUT2D eigenvalue weighted by atomic mass is 79.9. The Bertz CT molecular complexity index is 464. The number of nitrogens with zero attached hydrogens (tertiary/aromatic N) is 1. The number of hydrogen-bond donors (Lipinski definition) is 1. The maximum absolute atomic E-state index is 4.50. The van der Waals surface area contributed by atoms with E-state index >= 15 is 0 Å². The average molecular weight is 317 g/mol. The number of aryl methyl sites for hydroxylation is 1. The fourth-order valence-electron chi connectivity index (χ4n) is 1.57. The summed E-state index contributed by atoms with van der Waals surface area (Å²) in [5.74, 6) is 0. The van der Waals surface area contributed by atoms with Crippen LogP contribution in [0.25, 0.3) is 0 Å². The molecule has 0 saturated carbocycles. The molecule has 2 aromatic heterocycles. The van der Waals surface area contributed by atoms with Crippen molar-refractivity contribution in [2.24, 2.45) is 0 Å². The van der Waals surface area contributed by atoms with Gasteiger partial charge >= 0.3 is 0 Å². The van der Waals surface area contributed by atoms with Crippen molar-refractivity contribution in [2.75, 3.05) is 7.05 Å². The van der Waals surface area contributed by atoms with Crippen LogP contribution in [0.2, 0.25) is 0 Å². The smallest absolute Gasteiger partial charge is 0.0897 e. The zero-order valence-corrected chi connectivity index (χ0v) is 12.4. The van der Waals surface area contributed by atoms with E-state index in [1.54, 1.807) is 22.7 Å². The molecule has 2 aromatic rings. The third-order valence-electron chi connectivity index (χ3n) is 2.37. The molecule has 0 radical (unpaired) electrons. The topological polar surface area (TPSA) is 24.9 Å². The van der Waals surface area contributed by atoms with Crippen LogP contribution in [0.3, 0.4) is 0 Å². The van der Waals surface area contributed by atoms with E-state index in [0.717, 1.165) is 11.4 Å². The number of thiophene rings is 1. The van der Waals surface area contributed by atoms with Crippen LogP contribution in [0.1, 0.15) is 21.6 Å². The lowest BCUT2D eigenvalue weighted by Gasteiger charge is -2.12. The van der Waals surface area contributed by atoms with Crippen LogP contribution in [-0.2, 0) is 6.42 Å². The standard InChI is InChI=1S/C11H13BrN2S2/c1-7-14-8(6-15-7)5-9(13-2)10-3-4-11(12)16-10/h3-4,6,9,13H,5H2,1-2H3. The van der Waals surface area contributed by atoms with Crippen molar-refractivity contribution in [1.82, 2.24) is 10.3 Å². The third kappa shape index (κ3) is 2.91. The molecule has 0 amide bonds. The van der Waals surface area contributed by atoms with E-state index in [0.29, 0.717) is 6.04 Å². The molecule has 0 spiro atoms. The zero-order valence-electron chi connectivity index (χ0n) is 9.16. The van der Waals surface area contributed by atoms with Gasteiger partial charge in [-0.1, -0.05) is 0 Å². The SMILES string of the molecule is CNC(Cc1csc(C)n1)c1ccc(Br)s1. The molecule has 0 aliphatic rings. The van der Waals surface area contributed by atoms with Gasteiger partial charge < -0.3 is 5.32 Å². The van der Waals surface area contributed by atoms with Gasteiger partial charge in [-0.3, -0.25) is 0 Å². The summed E-state index contributed by atoms with van der Waals surface area (Å²) < 4.78 is 1.18. The highest BCUT2D eigenvalue weighted by Crippen LogP contribution is 2.29.